The first-order valence-corrected chi connectivity index (χ1v) is 9.96. The van der Waals surface area contributed by atoms with Crippen molar-refractivity contribution < 1.29 is 24.2 Å². The molecule has 0 aromatic carbocycles. The molecule has 4 aliphatic rings. The molecule has 4 nitrogen and oxygen atoms in total. The number of alkyl halides is 1. The minimum Gasteiger partial charge on any atom is -0.511 e. The summed E-state index contributed by atoms with van der Waals surface area (Å²) in [4.78, 5) is 24.3. The van der Waals surface area contributed by atoms with Crippen LogP contribution < -0.4 is 0 Å². The topological polar surface area (TPSA) is 74.6 Å². The Kier molecular flexibility index (Phi) is 4.02. The van der Waals surface area contributed by atoms with Crippen molar-refractivity contribution in [2.24, 2.45) is 28.6 Å². The van der Waals surface area contributed by atoms with Gasteiger partial charge in [0, 0.05) is 6.08 Å². The summed E-state index contributed by atoms with van der Waals surface area (Å²) in [6, 6.07) is 0. The largest absolute Gasteiger partial charge is 0.511 e. The molecule has 3 fully saturated rings. The molecular weight excluding hydrogens is 347 g/mol. The van der Waals surface area contributed by atoms with Gasteiger partial charge in [-0.15, -0.1) is 0 Å². The van der Waals surface area contributed by atoms with Gasteiger partial charge in [0.1, 0.15) is 18.0 Å². The average molecular weight is 375 g/mol. The number of hydrogen-bond acceptors (Lipinski definition) is 4. The van der Waals surface area contributed by atoms with Crippen LogP contribution in [-0.4, -0.2) is 34.1 Å². The monoisotopic (exact) mass is 375 g/mol. The van der Waals surface area contributed by atoms with Gasteiger partial charge in [0.15, 0.2) is 11.6 Å². The van der Waals surface area contributed by atoms with Crippen molar-refractivity contribution in [3.05, 3.63) is 29.4 Å². The minimum absolute atomic E-state index is 0.000512. The van der Waals surface area contributed by atoms with Gasteiger partial charge in [-0.1, -0.05) is 13.8 Å². The van der Waals surface area contributed by atoms with Gasteiger partial charge in [-0.3, -0.25) is 9.59 Å². The molecule has 147 valence electrons. The van der Waals surface area contributed by atoms with Crippen molar-refractivity contribution in [3.8, 4) is 0 Å². The van der Waals surface area contributed by atoms with Gasteiger partial charge < -0.3 is 10.2 Å². The highest BCUT2D eigenvalue weighted by Crippen LogP contribution is 2.71. The molecule has 27 heavy (non-hydrogen) atoms. The first-order valence-electron chi connectivity index (χ1n) is 9.96. The van der Waals surface area contributed by atoms with Crippen LogP contribution in [0.2, 0.25) is 0 Å². The van der Waals surface area contributed by atoms with Crippen LogP contribution in [-0.2, 0) is 9.59 Å². The Morgan fingerprint density at radius 2 is 1.96 bits per heavy atom. The zero-order chi connectivity index (χ0) is 19.8. The van der Waals surface area contributed by atoms with Crippen molar-refractivity contribution in [2.75, 3.05) is 6.61 Å². The van der Waals surface area contributed by atoms with Crippen molar-refractivity contribution in [1.82, 2.24) is 0 Å². The van der Waals surface area contributed by atoms with Gasteiger partial charge in [0.25, 0.3) is 0 Å². The number of Topliss-reactive ketones (excluding diaryl/α,β-unsaturated/α-hetero) is 1. The molecule has 4 aliphatic carbocycles. The second kappa shape index (κ2) is 5.76. The second-order valence-corrected chi connectivity index (χ2v) is 9.39. The van der Waals surface area contributed by atoms with Gasteiger partial charge in [-0.05, 0) is 73.8 Å². The molecule has 3 saturated carbocycles. The summed E-state index contributed by atoms with van der Waals surface area (Å²) >= 11 is 0. The maximum atomic E-state index is 16.8. The zero-order valence-electron chi connectivity index (χ0n) is 16.2. The third kappa shape index (κ3) is 2.18. The Labute approximate surface area is 159 Å². The molecule has 5 heteroatoms. The van der Waals surface area contributed by atoms with Crippen LogP contribution in [0.25, 0.3) is 0 Å². The lowest BCUT2D eigenvalue weighted by atomic mass is 9.45. The summed E-state index contributed by atoms with van der Waals surface area (Å²) < 4.78 is 16.8. The molecule has 0 aromatic rings. The molecular formula is C22H28FO4. The van der Waals surface area contributed by atoms with E-state index in [1.807, 2.05) is 6.92 Å². The summed E-state index contributed by atoms with van der Waals surface area (Å²) in [6.07, 6.45) is 5.33. The van der Waals surface area contributed by atoms with Gasteiger partial charge in [-0.2, -0.15) is 0 Å². The Bertz CT molecular complexity index is 770. The van der Waals surface area contributed by atoms with Crippen LogP contribution in [0, 0.1) is 34.5 Å². The third-order valence-corrected chi connectivity index (χ3v) is 8.37. The van der Waals surface area contributed by atoms with Gasteiger partial charge in [0.05, 0.1) is 11.3 Å². The number of rotatable bonds is 2. The van der Waals surface area contributed by atoms with E-state index < -0.39 is 23.1 Å². The molecule has 4 rings (SSSR count). The van der Waals surface area contributed by atoms with E-state index in [1.54, 1.807) is 6.92 Å². The van der Waals surface area contributed by atoms with E-state index in [1.165, 1.54) is 6.08 Å². The molecule has 0 spiro atoms. The van der Waals surface area contributed by atoms with Crippen molar-refractivity contribution in [3.63, 3.8) is 0 Å². The Morgan fingerprint density at radius 3 is 2.63 bits per heavy atom. The van der Waals surface area contributed by atoms with Crippen LogP contribution in [0.4, 0.5) is 4.39 Å². The van der Waals surface area contributed by atoms with Crippen molar-refractivity contribution in [1.29, 1.82) is 0 Å². The third-order valence-electron chi connectivity index (χ3n) is 8.37. The highest BCUT2D eigenvalue weighted by molar-refractivity contribution is 6.01. The molecule has 0 aliphatic heterocycles. The molecule has 1 unspecified atom stereocenters. The number of halogens is 1. The Morgan fingerprint density at radius 1 is 1.26 bits per heavy atom. The highest BCUT2D eigenvalue weighted by Gasteiger charge is 2.70. The lowest BCUT2D eigenvalue weighted by molar-refractivity contribution is -0.136. The number of allylic oxidation sites excluding steroid dienone is 3. The van der Waals surface area contributed by atoms with E-state index in [0.29, 0.717) is 24.8 Å². The van der Waals surface area contributed by atoms with Crippen molar-refractivity contribution >= 4 is 11.6 Å². The normalized spacial score (nSPS) is 46.9. The van der Waals surface area contributed by atoms with E-state index in [-0.39, 0.29) is 41.5 Å². The van der Waals surface area contributed by atoms with Crippen LogP contribution in [0.3, 0.4) is 0 Å². The number of hydrogen-bond donors (Lipinski definition) is 2. The zero-order valence-corrected chi connectivity index (χ0v) is 16.2. The first-order chi connectivity index (χ1) is 12.6. The standard InChI is InChI=1S/C22H28FO4/c1-12-8-16-15-5-4-13-9-14(25)10-18(27)21(13,3)22(15,23)7-6-20(16,2)19(12)17(26)11-24/h9-10,12,15-16,24,27H,4-8,11H2,1-3H3/t12-,15-,16-,20-,21+,22?/m0/s1. The van der Waals surface area contributed by atoms with Crippen LogP contribution in [0.1, 0.15) is 52.9 Å². The molecule has 6 atom stereocenters. The van der Waals surface area contributed by atoms with E-state index in [2.05, 4.69) is 6.92 Å². The van der Waals surface area contributed by atoms with Crippen LogP contribution in [0.5, 0.6) is 0 Å². The number of aliphatic hydroxyl groups excluding tert-OH is 2. The lowest BCUT2D eigenvalue weighted by Crippen LogP contribution is -2.61. The van der Waals surface area contributed by atoms with E-state index in [9.17, 15) is 19.8 Å². The number of ketones is 2. The number of aliphatic hydroxyl groups is 2. The molecule has 0 amide bonds. The molecule has 2 N–H and O–H groups in total. The van der Waals surface area contributed by atoms with Gasteiger partial charge >= 0.3 is 0 Å². The lowest BCUT2D eigenvalue weighted by Gasteiger charge is -2.60. The van der Waals surface area contributed by atoms with E-state index in [4.69, 9.17) is 0 Å². The first kappa shape index (κ1) is 18.9. The fourth-order valence-electron chi connectivity index (χ4n) is 7.04. The number of fused-ring (bicyclic) bond motifs is 5. The maximum Gasteiger partial charge on any atom is 0.181 e. The summed E-state index contributed by atoms with van der Waals surface area (Å²) in [5.41, 5.74) is -2.52. The van der Waals surface area contributed by atoms with Crippen molar-refractivity contribution in [2.45, 2.75) is 58.5 Å². The average Bonchev–Trinajstić information content (AvgIpc) is 2.87. The molecule has 0 heterocycles. The highest BCUT2D eigenvalue weighted by atomic mass is 19.1. The summed E-state index contributed by atoms with van der Waals surface area (Å²) in [7, 11) is 0. The predicted molar refractivity (Wildman–Crippen MR) is 98.4 cm³/mol. The second-order valence-electron chi connectivity index (χ2n) is 9.39. The fraction of sp³-hybridized carbons (Fsp3) is 0.682. The minimum atomic E-state index is -1.64. The fourth-order valence-corrected chi connectivity index (χ4v) is 7.04. The van der Waals surface area contributed by atoms with E-state index >= 15 is 4.39 Å². The summed E-state index contributed by atoms with van der Waals surface area (Å²) in [6.45, 7) is 5.29. The quantitative estimate of drug-likeness (QED) is 0.772. The Balaban J connectivity index is 1.77. The molecule has 0 aromatic heterocycles. The summed E-state index contributed by atoms with van der Waals surface area (Å²) in [5.74, 6) is -0.142. The Hall–Kier alpha value is -1.49. The van der Waals surface area contributed by atoms with Gasteiger partial charge in [0.2, 0.25) is 0 Å². The predicted octanol–water partition coefficient (Wildman–Crippen LogP) is 3.65. The molecule has 0 bridgehead atoms. The summed E-state index contributed by atoms with van der Waals surface area (Å²) in [5, 5.41) is 20.1. The maximum absolute atomic E-state index is 16.8. The van der Waals surface area contributed by atoms with E-state index in [0.717, 1.165) is 18.4 Å². The van der Waals surface area contributed by atoms with Crippen LogP contribution in [0.15, 0.2) is 23.5 Å². The SMILES string of the molecule is C[C@H]1C[C@H]2[C@@H]3CCC4=CC(=O)C=C(O)[C@]4(C)C3(F)CC[C@]2(C)[C]1C(=O)CO. The smallest absolute Gasteiger partial charge is 0.181 e. The molecule has 0 saturated heterocycles. The number of carbonyl (C=O) groups excluding carboxylic acids is 2. The van der Waals surface area contributed by atoms with Gasteiger partial charge in [-0.25, -0.2) is 4.39 Å². The molecule has 1 radical (unpaired) electrons. The number of carbonyl (C=O) groups is 2. The van der Waals surface area contributed by atoms with Crippen LogP contribution >= 0.6 is 0 Å².